The highest BCUT2D eigenvalue weighted by atomic mass is 16.5. The first-order valence-electron chi connectivity index (χ1n) is 8.05. The minimum absolute atomic E-state index is 0.0464. The van der Waals surface area contributed by atoms with Gasteiger partial charge in [0.2, 0.25) is 0 Å². The van der Waals surface area contributed by atoms with Crippen molar-refractivity contribution in [1.29, 1.82) is 0 Å². The van der Waals surface area contributed by atoms with E-state index in [1.807, 2.05) is 37.4 Å². The zero-order chi connectivity index (χ0) is 16.5. The summed E-state index contributed by atoms with van der Waals surface area (Å²) in [6.07, 6.45) is 1.04. The highest BCUT2D eigenvalue weighted by Gasteiger charge is 2.21. The van der Waals surface area contributed by atoms with Crippen LogP contribution in [0.25, 0.3) is 0 Å². The number of ether oxygens (including phenoxy) is 2. The van der Waals surface area contributed by atoms with Crippen LogP contribution in [0.1, 0.15) is 6.42 Å². The molecule has 6 heteroatoms. The third kappa shape index (κ3) is 6.99. The maximum absolute atomic E-state index is 10.7. The molecule has 1 aromatic rings. The molecular formula is C17H26N2O4. The molecule has 128 valence electrons. The lowest BCUT2D eigenvalue weighted by atomic mass is 10.2. The average Bonchev–Trinajstić information content (AvgIpc) is 2.52. The Morgan fingerprint density at radius 2 is 2.22 bits per heavy atom. The molecule has 0 amide bonds. The molecule has 1 aliphatic rings. The normalized spacial score (nSPS) is 19.0. The van der Waals surface area contributed by atoms with Crippen molar-refractivity contribution >= 4 is 5.97 Å². The van der Waals surface area contributed by atoms with E-state index in [0.717, 1.165) is 31.8 Å². The second-order valence-electron chi connectivity index (χ2n) is 5.90. The van der Waals surface area contributed by atoms with E-state index in [2.05, 4.69) is 4.90 Å². The summed E-state index contributed by atoms with van der Waals surface area (Å²) in [4.78, 5) is 14.8. The molecule has 0 aliphatic carbocycles. The Morgan fingerprint density at radius 3 is 2.96 bits per heavy atom. The summed E-state index contributed by atoms with van der Waals surface area (Å²) in [6, 6.07) is 9.83. The van der Waals surface area contributed by atoms with Gasteiger partial charge in [-0.05, 0) is 25.6 Å². The minimum atomic E-state index is -0.807. The second-order valence-corrected chi connectivity index (χ2v) is 5.90. The van der Waals surface area contributed by atoms with Crippen LogP contribution >= 0.6 is 0 Å². The molecule has 0 aromatic heterocycles. The number of benzene rings is 1. The van der Waals surface area contributed by atoms with Gasteiger partial charge in [0.05, 0.1) is 25.9 Å². The summed E-state index contributed by atoms with van der Waals surface area (Å²) in [6.45, 7) is 4.82. The number of carboxylic acid groups (broad SMARTS) is 1. The third-order valence-corrected chi connectivity index (χ3v) is 3.77. The summed E-state index contributed by atoms with van der Waals surface area (Å²) in [5.41, 5.74) is 0. The highest BCUT2D eigenvalue weighted by Crippen LogP contribution is 2.10. The van der Waals surface area contributed by atoms with Gasteiger partial charge in [0.25, 0.3) is 0 Å². The Hall–Kier alpha value is -1.63. The zero-order valence-electron chi connectivity index (χ0n) is 13.7. The smallest absolute Gasteiger partial charge is 0.317 e. The second kappa shape index (κ2) is 9.50. The predicted octanol–water partition coefficient (Wildman–Crippen LogP) is 1.17. The molecule has 0 saturated carbocycles. The molecule has 1 atom stereocenters. The molecule has 1 aliphatic heterocycles. The SMILES string of the molecule is CN(CC(=O)O)CC1CN(CCCOc2ccccc2)CCO1. The van der Waals surface area contributed by atoms with E-state index < -0.39 is 5.97 Å². The lowest BCUT2D eigenvalue weighted by Crippen LogP contribution is -2.47. The summed E-state index contributed by atoms with van der Waals surface area (Å²) >= 11 is 0. The largest absolute Gasteiger partial charge is 0.494 e. The maximum Gasteiger partial charge on any atom is 0.317 e. The standard InChI is InChI=1S/C17H26N2O4/c1-18(14-17(20)21)12-16-13-19(9-11-23-16)8-5-10-22-15-6-3-2-4-7-15/h2-4,6-7,16H,5,8-14H2,1H3,(H,20,21). The molecule has 1 heterocycles. The molecule has 1 aromatic carbocycles. The van der Waals surface area contributed by atoms with Crippen LogP contribution in [0, 0.1) is 0 Å². The van der Waals surface area contributed by atoms with Gasteiger partial charge in [-0.3, -0.25) is 14.6 Å². The van der Waals surface area contributed by atoms with Crippen molar-refractivity contribution in [2.75, 3.05) is 53.0 Å². The van der Waals surface area contributed by atoms with Crippen LogP contribution in [0.5, 0.6) is 5.75 Å². The van der Waals surface area contributed by atoms with Gasteiger partial charge in [0, 0.05) is 26.2 Å². The quantitative estimate of drug-likeness (QED) is 0.689. The Balaban J connectivity index is 1.63. The van der Waals surface area contributed by atoms with E-state index >= 15 is 0 Å². The van der Waals surface area contributed by atoms with E-state index in [4.69, 9.17) is 14.6 Å². The summed E-state index contributed by atoms with van der Waals surface area (Å²) < 4.78 is 11.4. The van der Waals surface area contributed by atoms with Crippen LogP contribution in [-0.4, -0.2) is 80.0 Å². The third-order valence-electron chi connectivity index (χ3n) is 3.77. The minimum Gasteiger partial charge on any atom is -0.494 e. The van der Waals surface area contributed by atoms with E-state index in [-0.39, 0.29) is 12.6 Å². The first kappa shape index (κ1) is 17.7. The van der Waals surface area contributed by atoms with Crippen LogP contribution in [0.4, 0.5) is 0 Å². The van der Waals surface area contributed by atoms with Gasteiger partial charge in [-0.15, -0.1) is 0 Å². The molecule has 6 nitrogen and oxygen atoms in total. The fourth-order valence-electron chi connectivity index (χ4n) is 2.73. The number of para-hydroxylation sites is 1. The van der Waals surface area contributed by atoms with Crippen LogP contribution in [0.15, 0.2) is 30.3 Å². The van der Waals surface area contributed by atoms with Crippen molar-refractivity contribution in [2.45, 2.75) is 12.5 Å². The molecule has 1 unspecified atom stereocenters. The van der Waals surface area contributed by atoms with E-state index in [9.17, 15) is 4.79 Å². The fraction of sp³-hybridized carbons (Fsp3) is 0.588. The number of nitrogens with zero attached hydrogens (tertiary/aromatic N) is 2. The number of likely N-dealkylation sites (N-methyl/N-ethyl adjacent to an activating group) is 1. The van der Waals surface area contributed by atoms with Gasteiger partial charge in [0.1, 0.15) is 5.75 Å². The van der Waals surface area contributed by atoms with Crippen LogP contribution in [0.2, 0.25) is 0 Å². The fourth-order valence-corrected chi connectivity index (χ4v) is 2.73. The molecule has 1 fully saturated rings. The van der Waals surface area contributed by atoms with E-state index in [1.54, 1.807) is 4.90 Å². The highest BCUT2D eigenvalue weighted by molar-refractivity contribution is 5.69. The van der Waals surface area contributed by atoms with Gasteiger partial charge in [-0.2, -0.15) is 0 Å². The van der Waals surface area contributed by atoms with Gasteiger partial charge < -0.3 is 14.6 Å². The molecular weight excluding hydrogens is 296 g/mol. The first-order chi connectivity index (χ1) is 11.1. The Kier molecular flexibility index (Phi) is 7.32. The molecule has 1 saturated heterocycles. The Bertz CT molecular complexity index is 469. The molecule has 0 bridgehead atoms. The number of hydrogen-bond donors (Lipinski definition) is 1. The Morgan fingerprint density at radius 1 is 1.43 bits per heavy atom. The van der Waals surface area contributed by atoms with Gasteiger partial charge in [-0.1, -0.05) is 18.2 Å². The number of hydrogen-bond acceptors (Lipinski definition) is 5. The van der Waals surface area contributed by atoms with Crippen LogP contribution in [0.3, 0.4) is 0 Å². The number of morpholine rings is 1. The topological polar surface area (TPSA) is 62.2 Å². The van der Waals surface area contributed by atoms with Crippen molar-refractivity contribution < 1.29 is 19.4 Å². The molecule has 2 rings (SSSR count). The van der Waals surface area contributed by atoms with Gasteiger partial charge >= 0.3 is 5.97 Å². The average molecular weight is 322 g/mol. The van der Waals surface area contributed by atoms with Crippen molar-refractivity contribution in [3.63, 3.8) is 0 Å². The lowest BCUT2D eigenvalue weighted by Gasteiger charge is -2.34. The number of carboxylic acids is 1. The van der Waals surface area contributed by atoms with Crippen molar-refractivity contribution in [2.24, 2.45) is 0 Å². The monoisotopic (exact) mass is 322 g/mol. The molecule has 23 heavy (non-hydrogen) atoms. The van der Waals surface area contributed by atoms with Crippen molar-refractivity contribution in [1.82, 2.24) is 9.80 Å². The van der Waals surface area contributed by atoms with Crippen molar-refractivity contribution in [3.05, 3.63) is 30.3 Å². The number of rotatable bonds is 9. The number of carbonyl (C=O) groups is 1. The molecule has 0 spiro atoms. The van der Waals surface area contributed by atoms with Crippen molar-refractivity contribution in [3.8, 4) is 5.75 Å². The maximum atomic E-state index is 10.7. The van der Waals surface area contributed by atoms with E-state index in [0.29, 0.717) is 19.8 Å². The van der Waals surface area contributed by atoms with Gasteiger partial charge in [0.15, 0.2) is 0 Å². The molecule has 1 N–H and O–H groups in total. The summed E-state index contributed by atoms with van der Waals surface area (Å²) in [5, 5.41) is 8.80. The zero-order valence-corrected chi connectivity index (χ0v) is 13.7. The Labute approximate surface area is 137 Å². The summed E-state index contributed by atoms with van der Waals surface area (Å²) in [5.74, 6) is 0.0980. The van der Waals surface area contributed by atoms with Crippen LogP contribution in [-0.2, 0) is 9.53 Å². The lowest BCUT2D eigenvalue weighted by molar-refractivity contribution is -0.138. The van der Waals surface area contributed by atoms with Gasteiger partial charge in [-0.25, -0.2) is 0 Å². The van der Waals surface area contributed by atoms with Crippen LogP contribution < -0.4 is 4.74 Å². The number of aliphatic carboxylic acids is 1. The summed E-state index contributed by atoms with van der Waals surface area (Å²) in [7, 11) is 1.81. The first-order valence-corrected chi connectivity index (χ1v) is 8.05. The van der Waals surface area contributed by atoms with E-state index in [1.165, 1.54) is 0 Å². The molecule has 0 radical (unpaired) electrons. The predicted molar refractivity (Wildman–Crippen MR) is 87.9 cm³/mol.